The Morgan fingerprint density at radius 1 is 1.33 bits per heavy atom. The van der Waals surface area contributed by atoms with Crippen LogP contribution in [0.2, 0.25) is 0 Å². The molecule has 3 nitrogen and oxygen atoms in total. The molecule has 3 heteroatoms. The lowest BCUT2D eigenvalue weighted by atomic mass is 9.80. The monoisotopic (exact) mass is 249 g/mol. The van der Waals surface area contributed by atoms with Crippen molar-refractivity contribution in [1.82, 2.24) is 5.32 Å². The molecule has 1 atom stereocenters. The average molecular weight is 249 g/mol. The van der Waals surface area contributed by atoms with Crippen LogP contribution in [-0.2, 0) is 11.2 Å². The van der Waals surface area contributed by atoms with Gasteiger partial charge >= 0.3 is 5.97 Å². The molecule has 1 unspecified atom stereocenters. The van der Waals surface area contributed by atoms with Gasteiger partial charge in [0, 0.05) is 6.04 Å². The summed E-state index contributed by atoms with van der Waals surface area (Å²) in [5.74, 6) is -0.792. The van der Waals surface area contributed by atoms with E-state index >= 15 is 0 Å². The minimum Gasteiger partial charge on any atom is -0.481 e. The van der Waals surface area contributed by atoms with Crippen LogP contribution in [0.25, 0.3) is 0 Å². The predicted octanol–water partition coefficient (Wildman–Crippen LogP) is 3.01. The molecular weight excluding hydrogens is 226 g/mol. The van der Waals surface area contributed by atoms with Crippen molar-refractivity contribution in [3.63, 3.8) is 0 Å². The van der Waals surface area contributed by atoms with E-state index in [-0.39, 0.29) is 6.04 Å². The van der Waals surface area contributed by atoms with E-state index in [1.54, 1.807) is 20.9 Å². The normalized spacial score (nSPS) is 13.3. The highest BCUT2D eigenvalue weighted by Crippen LogP contribution is 2.33. The second-order valence-electron chi connectivity index (χ2n) is 5.24. The van der Waals surface area contributed by atoms with Gasteiger partial charge in [0.25, 0.3) is 0 Å². The number of carboxylic acids is 1. The van der Waals surface area contributed by atoms with E-state index in [1.165, 1.54) is 5.56 Å². The molecule has 1 aromatic carbocycles. The van der Waals surface area contributed by atoms with Crippen LogP contribution in [0.3, 0.4) is 0 Å². The maximum atomic E-state index is 11.3. The summed E-state index contributed by atoms with van der Waals surface area (Å²) in [6.45, 7) is 5.64. The molecule has 0 aliphatic rings. The van der Waals surface area contributed by atoms with Crippen molar-refractivity contribution in [3.05, 3.63) is 35.4 Å². The summed E-state index contributed by atoms with van der Waals surface area (Å²) in [4.78, 5) is 11.3. The Kier molecular flexibility index (Phi) is 4.91. The maximum absolute atomic E-state index is 11.3. The van der Waals surface area contributed by atoms with Crippen molar-refractivity contribution in [3.8, 4) is 0 Å². The van der Waals surface area contributed by atoms with Crippen LogP contribution in [0.1, 0.15) is 44.4 Å². The third-order valence-corrected chi connectivity index (χ3v) is 3.41. The van der Waals surface area contributed by atoms with Crippen molar-refractivity contribution >= 4 is 5.97 Å². The van der Waals surface area contributed by atoms with Crippen LogP contribution in [0.15, 0.2) is 24.3 Å². The molecular formula is C15H23NO2. The molecule has 0 aromatic heterocycles. The van der Waals surface area contributed by atoms with Crippen LogP contribution in [-0.4, -0.2) is 18.1 Å². The SMILES string of the molecule is CCCc1ccc(C(NC)C(C)(C)C(=O)O)cc1. The van der Waals surface area contributed by atoms with Gasteiger partial charge in [-0.15, -0.1) is 0 Å². The van der Waals surface area contributed by atoms with Crippen molar-refractivity contribution in [2.45, 2.75) is 39.7 Å². The topological polar surface area (TPSA) is 49.3 Å². The lowest BCUT2D eigenvalue weighted by molar-refractivity contribution is -0.148. The number of hydrogen-bond donors (Lipinski definition) is 2. The highest BCUT2D eigenvalue weighted by Gasteiger charge is 2.36. The number of carboxylic acid groups (broad SMARTS) is 1. The average Bonchev–Trinajstić information content (AvgIpc) is 2.32. The quantitative estimate of drug-likeness (QED) is 0.814. The fourth-order valence-electron chi connectivity index (χ4n) is 2.23. The number of aliphatic carboxylic acids is 1. The molecule has 0 heterocycles. The first-order chi connectivity index (χ1) is 8.43. The zero-order chi connectivity index (χ0) is 13.8. The van der Waals surface area contributed by atoms with E-state index in [9.17, 15) is 9.90 Å². The summed E-state index contributed by atoms with van der Waals surface area (Å²) < 4.78 is 0. The van der Waals surface area contributed by atoms with Crippen molar-refractivity contribution in [2.75, 3.05) is 7.05 Å². The lowest BCUT2D eigenvalue weighted by Crippen LogP contribution is -2.38. The largest absolute Gasteiger partial charge is 0.481 e. The van der Waals surface area contributed by atoms with Crippen LogP contribution in [0.4, 0.5) is 0 Å². The van der Waals surface area contributed by atoms with Crippen LogP contribution in [0.5, 0.6) is 0 Å². The van der Waals surface area contributed by atoms with Crippen LogP contribution in [0, 0.1) is 5.41 Å². The summed E-state index contributed by atoms with van der Waals surface area (Å²) in [5, 5.41) is 12.4. The van der Waals surface area contributed by atoms with Crippen molar-refractivity contribution < 1.29 is 9.90 Å². The third kappa shape index (κ3) is 3.10. The second kappa shape index (κ2) is 6.01. The highest BCUT2D eigenvalue weighted by molar-refractivity contribution is 5.75. The zero-order valence-electron chi connectivity index (χ0n) is 11.7. The maximum Gasteiger partial charge on any atom is 0.311 e. The van der Waals surface area contributed by atoms with Gasteiger partial charge in [-0.25, -0.2) is 0 Å². The van der Waals surface area contributed by atoms with E-state index in [1.807, 2.05) is 12.1 Å². The molecule has 0 radical (unpaired) electrons. The molecule has 0 saturated carbocycles. The summed E-state index contributed by atoms with van der Waals surface area (Å²) in [7, 11) is 1.80. The van der Waals surface area contributed by atoms with Gasteiger partial charge in [-0.2, -0.15) is 0 Å². The van der Waals surface area contributed by atoms with Gasteiger partial charge in [-0.3, -0.25) is 4.79 Å². The number of benzene rings is 1. The Labute approximate surface area is 109 Å². The lowest BCUT2D eigenvalue weighted by Gasteiger charge is -2.30. The first kappa shape index (κ1) is 14.7. The number of aryl methyl sites for hydroxylation is 1. The first-order valence-electron chi connectivity index (χ1n) is 6.43. The molecule has 100 valence electrons. The number of hydrogen-bond acceptors (Lipinski definition) is 2. The molecule has 1 rings (SSSR count). The molecule has 0 amide bonds. The molecule has 18 heavy (non-hydrogen) atoms. The molecule has 1 aromatic rings. The molecule has 0 bridgehead atoms. The second-order valence-corrected chi connectivity index (χ2v) is 5.24. The Balaban J connectivity index is 2.99. The Morgan fingerprint density at radius 3 is 2.28 bits per heavy atom. The molecule has 0 aliphatic carbocycles. The minimum atomic E-state index is -0.832. The summed E-state index contributed by atoms with van der Waals surface area (Å²) in [6, 6.07) is 8.03. The standard InChI is InChI=1S/C15H23NO2/c1-5-6-11-7-9-12(10-8-11)13(16-4)15(2,3)14(17)18/h7-10,13,16H,5-6H2,1-4H3,(H,17,18). The molecule has 0 aliphatic heterocycles. The Morgan fingerprint density at radius 2 is 1.89 bits per heavy atom. The first-order valence-corrected chi connectivity index (χ1v) is 6.43. The highest BCUT2D eigenvalue weighted by atomic mass is 16.4. The van der Waals surface area contributed by atoms with Gasteiger partial charge in [0.05, 0.1) is 5.41 Å². The van der Waals surface area contributed by atoms with E-state index in [0.717, 1.165) is 18.4 Å². The van der Waals surface area contributed by atoms with Gasteiger partial charge in [-0.1, -0.05) is 37.6 Å². The molecule has 0 saturated heterocycles. The zero-order valence-corrected chi connectivity index (χ0v) is 11.7. The number of carbonyl (C=O) groups is 1. The summed E-state index contributed by atoms with van der Waals surface area (Å²) in [5.41, 5.74) is 1.48. The molecule has 0 spiro atoms. The van der Waals surface area contributed by atoms with Gasteiger partial charge in [0.1, 0.15) is 0 Å². The van der Waals surface area contributed by atoms with Crippen LogP contribution >= 0.6 is 0 Å². The van der Waals surface area contributed by atoms with Crippen LogP contribution < -0.4 is 5.32 Å². The summed E-state index contributed by atoms with van der Waals surface area (Å²) >= 11 is 0. The van der Waals surface area contributed by atoms with E-state index in [0.29, 0.717) is 0 Å². The molecule has 2 N–H and O–H groups in total. The van der Waals surface area contributed by atoms with Gasteiger partial charge in [0.15, 0.2) is 0 Å². The van der Waals surface area contributed by atoms with Crippen molar-refractivity contribution in [1.29, 1.82) is 0 Å². The third-order valence-electron chi connectivity index (χ3n) is 3.41. The van der Waals surface area contributed by atoms with Gasteiger partial charge < -0.3 is 10.4 Å². The van der Waals surface area contributed by atoms with E-state index in [4.69, 9.17) is 0 Å². The smallest absolute Gasteiger partial charge is 0.311 e. The molecule has 0 fully saturated rings. The minimum absolute atomic E-state index is 0.189. The Hall–Kier alpha value is -1.35. The van der Waals surface area contributed by atoms with E-state index < -0.39 is 11.4 Å². The number of rotatable bonds is 6. The predicted molar refractivity (Wildman–Crippen MR) is 73.7 cm³/mol. The Bertz CT molecular complexity index is 395. The van der Waals surface area contributed by atoms with E-state index in [2.05, 4.69) is 24.4 Å². The van der Waals surface area contributed by atoms with Crippen molar-refractivity contribution in [2.24, 2.45) is 5.41 Å². The number of nitrogens with one attached hydrogen (secondary N) is 1. The van der Waals surface area contributed by atoms with Gasteiger partial charge in [0.2, 0.25) is 0 Å². The fourth-order valence-corrected chi connectivity index (χ4v) is 2.23. The van der Waals surface area contributed by atoms with Gasteiger partial charge in [-0.05, 0) is 38.4 Å². The summed E-state index contributed by atoms with van der Waals surface area (Å²) in [6.07, 6.45) is 2.18. The fraction of sp³-hybridized carbons (Fsp3) is 0.533.